The van der Waals surface area contributed by atoms with Gasteiger partial charge in [-0.1, -0.05) is 66.7 Å². The zero-order valence-corrected chi connectivity index (χ0v) is 36.9. The molecule has 67 heavy (non-hydrogen) atoms. The summed E-state index contributed by atoms with van der Waals surface area (Å²) in [6, 6.07) is 65.4. The lowest BCUT2D eigenvalue weighted by atomic mass is 10.1. The second kappa shape index (κ2) is 14.9. The molecular weight excluding hydrogens is 871 g/mol. The van der Waals surface area contributed by atoms with Crippen molar-refractivity contribution in [2.75, 3.05) is 0 Å². The summed E-state index contributed by atoms with van der Waals surface area (Å²) < 4.78 is 62.0. The van der Waals surface area contributed by atoms with Crippen molar-refractivity contribution in [2.24, 2.45) is 0 Å². The summed E-state index contributed by atoms with van der Waals surface area (Å²) in [6.45, 7) is 0. The van der Waals surface area contributed by atoms with Crippen molar-refractivity contribution in [1.29, 1.82) is 10.5 Å². The third-order valence-corrected chi connectivity index (χ3v) is 16.3. The summed E-state index contributed by atoms with van der Waals surface area (Å²) in [4.78, 5) is 0.483. The fourth-order valence-electron chi connectivity index (χ4n) is 9.64. The highest BCUT2D eigenvalue weighted by atomic mass is 32.2. The lowest BCUT2D eigenvalue weighted by molar-refractivity contribution is 0.594. The first-order valence-corrected chi connectivity index (χ1v) is 24.3. The monoisotopic (exact) mass is 903 g/mol. The third kappa shape index (κ3) is 6.03. The highest BCUT2D eigenvalue weighted by Gasteiger charge is 2.25. The summed E-state index contributed by atoms with van der Waals surface area (Å²) in [5, 5.41) is 24.7. The van der Waals surface area contributed by atoms with Crippen molar-refractivity contribution in [3.05, 3.63) is 211 Å². The van der Waals surface area contributed by atoms with Crippen LogP contribution in [0.15, 0.2) is 220 Å². The number of fused-ring (bicyclic) bond motifs is 10. The van der Waals surface area contributed by atoms with Gasteiger partial charge >= 0.3 is 0 Å². The minimum Gasteiger partial charge on any atom is -0.309 e. The number of hydrogen-bond donors (Lipinski definition) is 0. The van der Waals surface area contributed by atoms with Crippen LogP contribution in [0.5, 0.6) is 0 Å². The normalized spacial score (nSPS) is 12.1. The lowest BCUT2D eigenvalue weighted by Gasteiger charge is -2.13. The Bertz CT molecular complexity index is 4330. The van der Waals surface area contributed by atoms with E-state index in [4.69, 9.17) is 0 Å². The Hall–Kier alpha value is -8.74. The van der Waals surface area contributed by atoms with Crippen molar-refractivity contribution in [3.63, 3.8) is 0 Å². The third-order valence-electron chi connectivity index (χ3n) is 12.8. The zero-order chi connectivity index (χ0) is 45.6. The number of sulfone groups is 2. The molecule has 0 amide bonds. The molecule has 0 fully saturated rings. The molecule has 0 unspecified atom stereocenters. The topological polar surface area (TPSA) is 131 Å². The number of rotatable bonds is 7. The maximum atomic E-state index is 13.9. The Labute approximate surface area is 384 Å². The Morgan fingerprint density at radius 1 is 0.313 bits per heavy atom. The van der Waals surface area contributed by atoms with Crippen LogP contribution in [-0.4, -0.2) is 30.5 Å². The summed E-state index contributed by atoms with van der Waals surface area (Å²) in [6.07, 6.45) is 0. The second-order valence-corrected chi connectivity index (χ2v) is 20.3. The van der Waals surface area contributed by atoms with Gasteiger partial charge in [0.05, 0.1) is 75.9 Å². The van der Waals surface area contributed by atoms with Crippen LogP contribution < -0.4 is 0 Å². The first kappa shape index (κ1) is 39.8. The van der Waals surface area contributed by atoms with Gasteiger partial charge in [-0.2, -0.15) is 10.5 Å². The molecular formula is C56H33N5O4S2. The molecule has 318 valence electrons. The van der Waals surface area contributed by atoms with Gasteiger partial charge in [-0.05, 0) is 133 Å². The van der Waals surface area contributed by atoms with Crippen LogP contribution >= 0.6 is 0 Å². The predicted octanol–water partition coefficient (Wildman–Crippen LogP) is 12.4. The Balaban J connectivity index is 1.13. The van der Waals surface area contributed by atoms with Gasteiger partial charge in [0.25, 0.3) is 0 Å². The molecule has 0 bridgehead atoms. The molecule has 9 nitrogen and oxygen atoms in total. The number of nitrogens with zero attached hydrogens (tertiary/aromatic N) is 5. The fraction of sp³-hybridized carbons (Fsp3) is 0. The van der Waals surface area contributed by atoms with Crippen molar-refractivity contribution in [1.82, 2.24) is 13.7 Å². The first-order chi connectivity index (χ1) is 32.6. The summed E-state index contributed by atoms with van der Waals surface area (Å²) in [5.74, 6) is 0. The van der Waals surface area contributed by atoms with Gasteiger partial charge in [0.2, 0.25) is 19.7 Å². The molecule has 0 N–H and O–H groups in total. The van der Waals surface area contributed by atoms with E-state index in [0.717, 1.165) is 82.5 Å². The molecule has 0 saturated carbocycles. The van der Waals surface area contributed by atoms with Crippen LogP contribution in [0.2, 0.25) is 0 Å². The van der Waals surface area contributed by atoms with Crippen LogP contribution in [-0.2, 0) is 19.7 Å². The Kier molecular flexibility index (Phi) is 8.86. The molecule has 12 rings (SSSR count). The van der Waals surface area contributed by atoms with Crippen LogP contribution in [0, 0.1) is 22.7 Å². The lowest BCUT2D eigenvalue weighted by Crippen LogP contribution is -2.03. The standard InChI is InChI=1S/C56H33N5O4S2/c57-34-36-14-22-41(23-15-36)66(62,63)43-26-18-39(19-27-43)59-51-12-6-5-11-46(51)49-32-54-50(33-53(49)59)48-31-30-47-45-10-4-7-13-52(45)60(38-8-2-1-3-9-38)55(47)56(48)61(54)40-20-28-44(29-21-40)67(64,65)42-24-16-37(35-58)17-25-42/h1-33H. The predicted molar refractivity (Wildman–Crippen MR) is 263 cm³/mol. The molecule has 0 saturated heterocycles. The van der Waals surface area contributed by atoms with Gasteiger partial charge in [-0.25, -0.2) is 16.8 Å². The average molecular weight is 904 g/mol. The Morgan fingerprint density at radius 3 is 1.15 bits per heavy atom. The van der Waals surface area contributed by atoms with Gasteiger partial charge in [-0.15, -0.1) is 0 Å². The molecule has 0 aliphatic heterocycles. The van der Waals surface area contributed by atoms with E-state index in [1.807, 2.05) is 66.7 Å². The van der Waals surface area contributed by atoms with Crippen LogP contribution in [0.1, 0.15) is 11.1 Å². The SMILES string of the molecule is N#Cc1ccc(S(=O)(=O)c2ccc(-n3c4ccccc4c4cc5c(cc43)c3ccc4c6ccccc6n(-c6ccccc6)c4c3n5-c3ccc(S(=O)(=O)c4ccc(C#N)cc4)cc3)cc2)cc1. The summed E-state index contributed by atoms with van der Waals surface area (Å²) in [7, 11) is -7.76. The van der Waals surface area contributed by atoms with Crippen molar-refractivity contribution >= 4 is 85.1 Å². The van der Waals surface area contributed by atoms with Gasteiger partial charge in [-0.3, -0.25) is 0 Å². The zero-order valence-electron chi connectivity index (χ0n) is 35.2. The number of benzene rings is 9. The van der Waals surface area contributed by atoms with E-state index >= 15 is 0 Å². The maximum Gasteiger partial charge on any atom is 0.206 e. The molecule has 0 radical (unpaired) electrons. The number of aromatic nitrogens is 3. The summed E-state index contributed by atoms with van der Waals surface area (Å²) >= 11 is 0. The van der Waals surface area contributed by atoms with E-state index < -0.39 is 19.7 Å². The molecule has 0 aliphatic rings. The molecule has 11 heteroatoms. The highest BCUT2D eigenvalue weighted by Crippen LogP contribution is 2.44. The summed E-state index contributed by atoms with van der Waals surface area (Å²) in [5.41, 5.74) is 9.04. The average Bonchev–Trinajstić information content (AvgIpc) is 4.01. The molecule has 12 aromatic rings. The number of hydrogen-bond acceptors (Lipinski definition) is 6. The van der Waals surface area contributed by atoms with Gasteiger partial charge in [0.1, 0.15) is 0 Å². The highest BCUT2D eigenvalue weighted by molar-refractivity contribution is 7.91. The van der Waals surface area contributed by atoms with Crippen molar-refractivity contribution in [3.8, 4) is 29.2 Å². The largest absolute Gasteiger partial charge is 0.309 e. The fourth-order valence-corrected chi connectivity index (χ4v) is 12.2. The molecule has 0 atom stereocenters. The van der Waals surface area contributed by atoms with E-state index in [9.17, 15) is 27.4 Å². The minimum atomic E-state index is -3.90. The van der Waals surface area contributed by atoms with Crippen molar-refractivity contribution in [2.45, 2.75) is 19.6 Å². The molecule has 3 aromatic heterocycles. The minimum absolute atomic E-state index is 0.103. The van der Waals surface area contributed by atoms with E-state index in [2.05, 4.69) is 86.5 Å². The van der Waals surface area contributed by atoms with E-state index in [-0.39, 0.29) is 19.6 Å². The van der Waals surface area contributed by atoms with E-state index in [1.54, 1.807) is 24.3 Å². The first-order valence-electron chi connectivity index (χ1n) is 21.4. The quantitative estimate of drug-likeness (QED) is 0.156. The van der Waals surface area contributed by atoms with Crippen LogP contribution in [0.3, 0.4) is 0 Å². The van der Waals surface area contributed by atoms with Gasteiger partial charge in [0, 0.05) is 49.4 Å². The number of para-hydroxylation sites is 3. The van der Waals surface area contributed by atoms with E-state index in [0.29, 0.717) is 11.1 Å². The smallest absolute Gasteiger partial charge is 0.206 e. The van der Waals surface area contributed by atoms with E-state index in [1.165, 1.54) is 48.5 Å². The second-order valence-electron chi connectivity index (χ2n) is 16.4. The van der Waals surface area contributed by atoms with Crippen molar-refractivity contribution < 1.29 is 16.8 Å². The molecule has 3 heterocycles. The molecule has 0 aliphatic carbocycles. The van der Waals surface area contributed by atoms with Crippen LogP contribution in [0.4, 0.5) is 0 Å². The van der Waals surface area contributed by atoms with Crippen LogP contribution in [0.25, 0.3) is 82.5 Å². The van der Waals surface area contributed by atoms with Gasteiger partial charge < -0.3 is 13.7 Å². The molecule has 9 aromatic carbocycles. The molecule has 0 spiro atoms. The number of nitriles is 2. The maximum absolute atomic E-state index is 13.9. The Morgan fingerprint density at radius 2 is 0.657 bits per heavy atom. The van der Waals surface area contributed by atoms with Gasteiger partial charge in [0.15, 0.2) is 0 Å².